The fraction of sp³-hybridized carbons (Fsp3) is 0.895. The smallest absolute Gasteiger partial charge is 0.0323 e. The molecule has 0 unspecified atom stereocenters. The molecule has 0 spiro atoms. The molecule has 0 saturated carbocycles. The van der Waals surface area contributed by atoms with Crippen molar-refractivity contribution >= 4 is 0 Å². The molecular formula is C19H36. The Balaban J connectivity index is 2.16. The molecule has 0 N–H and O–H groups in total. The molecule has 0 heteroatoms. The molecule has 0 nitrogen and oxygen atoms in total. The Morgan fingerprint density at radius 3 is 1.37 bits per heavy atom. The molecule has 0 aromatic heterocycles. The minimum atomic E-state index is 1.33. The lowest BCUT2D eigenvalue weighted by Gasteiger charge is -2.05. The Morgan fingerprint density at radius 2 is 0.895 bits per heavy atom. The van der Waals surface area contributed by atoms with Crippen LogP contribution in [0.25, 0.3) is 0 Å². The largest absolute Gasteiger partial charge is 0.0856 e. The van der Waals surface area contributed by atoms with Crippen molar-refractivity contribution in [1.29, 1.82) is 0 Å². The zero-order valence-electron chi connectivity index (χ0n) is 13.4. The van der Waals surface area contributed by atoms with Gasteiger partial charge in [0.25, 0.3) is 0 Å². The summed E-state index contributed by atoms with van der Waals surface area (Å²) in [7, 11) is 0. The van der Waals surface area contributed by atoms with Gasteiger partial charge in [0.1, 0.15) is 0 Å². The summed E-state index contributed by atoms with van der Waals surface area (Å²) in [6.45, 7) is 2.33. The summed E-state index contributed by atoms with van der Waals surface area (Å²) in [5.41, 5.74) is 1.64. The summed E-state index contributed by atoms with van der Waals surface area (Å²) < 4.78 is 0. The molecule has 1 rings (SSSR count). The van der Waals surface area contributed by atoms with Gasteiger partial charge in [0.15, 0.2) is 0 Å². The van der Waals surface area contributed by atoms with Crippen LogP contribution in [0.2, 0.25) is 0 Å². The molecule has 112 valence electrons. The zero-order chi connectivity index (χ0) is 13.6. The standard InChI is InChI=1S/C19H36/c1-19-17-15-13-11-9-7-5-3-2-4-6-8-10-12-14-16-18-19/h17H,2-16,18H2,1H3/b19-17-. The number of hydrogen-bond donors (Lipinski definition) is 0. The topological polar surface area (TPSA) is 0 Å². The molecule has 0 saturated heterocycles. The minimum Gasteiger partial charge on any atom is -0.0856 e. The number of hydrogen-bond acceptors (Lipinski definition) is 0. The second-order valence-corrected chi connectivity index (χ2v) is 6.54. The zero-order valence-corrected chi connectivity index (χ0v) is 13.4. The van der Waals surface area contributed by atoms with Crippen LogP contribution in [-0.2, 0) is 0 Å². The van der Waals surface area contributed by atoms with Gasteiger partial charge in [-0.15, -0.1) is 0 Å². The quantitative estimate of drug-likeness (QED) is 0.406. The minimum absolute atomic E-state index is 1.33. The van der Waals surface area contributed by atoms with E-state index in [9.17, 15) is 0 Å². The van der Waals surface area contributed by atoms with E-state index in [1.165, 1.54) is 103 Å². The Kier molecular flexibility index (Phi) is 11.3. The Hall–Kier alpha value is -0.260. The summed E-state index contributed by atoms with van der Waals surface area (Å²) in [5.74, 6) is 0. The van der Waals surface area contributed by atoms with E-state index < -0.39 is 0 Å². The first-order valence-corrected chi connectivity index (χ1v) is 9.05. The van der Waals surface area contributed by atoms with Gasteiger partial charge in [0.2, 0.25) is 0 Å². The van der Waals surface area contributed by atoms with Gasteiger partial charge in [-0.3, -0.25) is 0 Å². The van der Waals surface area contributed by atoms with Crippen LogP contribution in [0.15, 0.2) is 11.6 Å². The lowest BCUT2D eigenvalue weighted by molar-refractivity contribution is 0.531. The first-order valence-electron chi connectivity index (χ1n) is 9.05. The fourth-order valence-corrected chi connectivity index (χ4v) is 3.12. The van der Waals surface area contributed by atoms with Crippen molar-refractivity contribution in [3.05, 3.63) is 11.6 Å². The summed E-state index contributed by atoms with van der Waals surface area (Å²) in [6.07, 6.45) is 25.7. The normalized spacial score (nSPS) is 25.8. The molecule has 0 bridgehead atoms. The highest BCUT2D eigenvalue weighted by Crippen LogP contribution is 2.16. The van der Waals surface area contributed by atoms with Crippen LogP contribution < -0.4 is 0 Å². The maximum atomic E-state index is 2.50. The molecule has 0 fully saturated rings. The van der Waals surface area contributed by atoms with E-state index in [1.807, 2.05) is 0 Å². The summed E-state index contributed by atoms with van der Waals surface area (Å²) in [5, 5.41) is 0. The highest BCUT2D eigenvalue weighted by molar-refractivity contribution is 4.97. The predicted octanol–water partition coefficient (Wildman–Crippen LogP) is 7.19. The van der Waals surface area contributed by atoms with Crippen molar-refractivity contribution in [3.8, 4) is 0 Å². The van der Waals surface area contributed by atoms with Crippen molar-refractivity contribution in [2.24, 2.45) is 0 Å². The molecule has 0 aromatic carbocycles. The Labute approximate surface area is 122 Å². The molecule has 1 aliphatic carbocycles. The van der Waals surface area contributed by atoms with Gasteiger partial charge in [0.05, 0.1) is 0 Å². The highest BCUT2D eigenvalue weighted by atomic mass is 14.0. The number of allylic oxidation sites excluding steroid dienone is 2. The summed E-state index contributed by atoms with van der Waals surface area (Å²) in [4.78, 5) is 0. The van der Waals surface area contributed by atoms with E-state index in [0.29, 0.717) is 0 Å². The molecule has 0 amide bonds. The fourth-order valence-electron chi connectivity index (χ4n) is 3.12. The van der Waals surface area contributed by atoms with E-state index in [1.54, 1.807) is 5.57 Å². The SMILES string of the molecule is C/C1=C/CCCCCCCCCCCCCCCC1. The van der Waals surface area contributed by atoms with Crippen LogP contribution in [-0.4, -0.2) is 0 Å². The second kappa shape index (κ2) is 12.8. The third kappa shape index (κ3) is 11.3. The second-order valence-electron chi connectivity index (χ2n) is 6.54. The van der Waals surface area contributed by atoms with Crippen LogP contribution in [0.4, 0.5) is 0 Å². The average Bonchev–Trinajstić information content (AvgIpc) is 2.41. The van der Waals surface area contributed by atoms with E-state index in [2.05, 4.69) is 13.0 Å². The van der Waals surface area contributed by atoms with Crippen molar-refractivity contribution in [1.82, 2.24) is 0 Å². The van der Waals surface area contributed by atoms with Crippen LogP contribution in [0.3, 0.4) is 0 Å². The molecule has 19 heavy (non-hydrogen) atoms. The first-order chi connectivity index (χ1) is 9.39. The molecule has 0 atom stereocenters. The van der Waals surface area contributed by atoms with E-state index >= 15 is 0 Å². The van der Waals surface area contributed by atoms with Crippen LogP contribution >= 0.6 is 0 Å². The highest BCUT2D eigenvalue weighted by Gasteiger charge is 1.96. The van der Waals surface area contributed by atoms with Gasteiger partial charge in [-0.05, 0) is 32.6 Å². The molecule has 0 aromatic rings. The van der Waals surface area contributed by atoms with Crippen molar-refractivity contribution < 1.29 is 0 Å². The van der Waals surface area contributed by atoms with Crippen LogP contribution in [0.5, 0.6) is 0 Å². The summed E-state index contributed by atoms with van der Waals surface area (Å²) >= 11 is 0. The predicted molar refractivity (Wildman–Crippen MR) is 87.6 cm³/mol. The molecule has 0 aliphatic heterocycles. The molecule has 0 heterocycles. The van der Waals surface area contributed by atoms with Crippen molar-refractivity contribution in [3.63, 3.8) is 0 Å². The van der Waals surface area contributed by atoms with Gasteiger partial charge in [-0.25, -0.2) is 0 Å². The third-order valence-corrected chi connectivity index (χ3v) is 4.52. The van der Waals surface area contributed by atoms with Crippen LogP contribution in [0, 0.1) is 0 Å². The van der Waals surface area contributed by atoms with Crippen molar-refractivity contribution in [2.45, 2.75) is 110 Å². The van der Waals surface area contributed by atoms with Gasteiger partial charge in [-0.1, -0.05) is 88.7 Å². The number of rotatable bonds is 0. The van der Waals surface area contributed by atoms with Gasteiger partial charge in [-0.2, -0.15) is 0 Å². The maximum Gasteiger partial charge on any atom is -0.0323 e. The summed E-state index contributed by atoms with van der Waals surface area (Å²) in [6, 6.07) is 0. The monoisotopic (exact) mass is 264 g/mol. The van der Waals surface area contributed by atoms with E-state index in [0.717, 1.165) is 0 Å². The lowest BCUT2D eigenvalue weighted by atomic mass is 10.0. The Bertz CT molecular complexity index is 214. The van der Waals surface area contributed by atoms with Gasteiger partial charge in [0, 0.05) is 0 Å². The van der Waals surface area contributed by atoms with Gasteiger partial charge < -0.3 is 0 Å². The maximum absolute atomic E-state index is 2.50. The molecule has 0 radical (unpaired) electrons. The molecule has 1 aliphatic rings. The van der Waals surface area contributed by atoms with Crippen molar-refractivity contribution in [2.75, 3.05) is 0 Å². The molecular weight excluding hydrogens is 228 g/mol. The van der Waals surface area contributed by atoms with Crippen LogP contribution in [0.1, 0.15) is 110 Å². The van der Waals surface area contributed by atoms with E-state index in [4.69, 9.17) is 0 Å². The Morgan fingerprint density at radius 1 is 0.526 bits per heavy atom. The first kappa shape index (κ1) is 16.8. The van der Waals surface area contributed by atoms with Gasteiger partial charge >= 0.3 is 0 Å². The van der Waals surface area contributed by atoms with E-state index in [-0.39, 0.29) is 0 Å². The average molecular weight is 264 g/mol. The lowest BCUT2D eigenvalue weighted by Crippen LogP contribution is -1.85. The third-order valence-electron chi connectivity index (χ3n) is 4.52.